The molecule has 0 unspecified atom stereocenters. The quantitative estimate of drug-likeness (QED) is 0.192. The lowest BCUT2D eigenvalue weighted by Crippen LogP contribution is -2.46. The van der Waals surface area contributed by atoms with E-state index >= 15 is 0 Å². The zero-order valence-electron chi connectivity index (χ0n) is 27.4. The Morgan fingerprint density at radius 3 is 2.38 bits per heavy atom. The predicted octanol–water partition coefficient (Wildman–Crippen LogP) is 5.99. The second-order valence-corrected chi connectivity index (χ2v) is 12.6. The lowest BCUT2D eigenvalue weighted by molar-refractivity contribution is -0.0206. The molecule has 0 aliphatic carbocycles. The van der Waals surface area contributed by atoms with Gasteiger partial charge in [0.2, 0.25) is 0 Å². The van der Waals surface area contributed by atoms with Crippen LogP contribution < -0.4 is 19.9 Å². The number of piperazine rings is 1. The number of benzene rings is 3. The molecule has 0 bridgehead atoms. The van der Waals surface area contributed by atoms with E-state index in [9.17, 15) is 18.0 Å². The Balaban J connectivity index is 0.927. The van der Waals surface area contributed by atoms with Crippen LogP contribution in [0.2, 0.25) is 0 Å². The number of nitrogens with zero attached hydrogens (tertiary/aromatic N) is 6. The Hall–Kier alpha value is -5.43. The molecule has 13 heteroatoms. The normalized spacial score (nSPS) is 19.1. The number of anilines is 3. The number of rotatable bonds is 10. The summed E-state index contributed by atoms with van der Waals surface area (Å²) in [7, 11) is 0. The van der Waals surface area contributed by atoms with Crippen molar-refractivity contribution in [2.24, 2.45) is 5.92 Å². The molecule has 1 amide bonds. The summed E-state index contributed by atoms with van der Waals surface area (Å²) in [6.45, 7) is 5.94. The highest BCUT2D eigenvalue weighted by Gasteiger charge is 2.44. The molecule has 2 atom stereocenters. The molecule has 5 aromatic rings. The van der Waals surface area contributed by atoms with Crippen molar-refractivity contribution in [3.8, 4) is 5.75 Å². The van der Waals surface area contributed by atoms with Crippen molar-refractivity contribution in [2.75, 3.05) is 54.5 Å². The standard InChI is InChI=1S/C37H36F3N7O3/c1-25-34(49-20-26-19-37(50-21-26,22-47-24-41-23-42-47)32-11-6-29(39)18-33(32)40)12-13-35(43-25)46-16-14-45(15-17-46)31-9-2-27(3-10-31)36(48)44-30-7-4-28(38)5-8-30/h2-13,18,23-24,26H,14-17,19-22H2,1H3,(H,44,48)/t26-,37-/m0/s1. The summed E-state index contributed by atoms with van der Waals surface area (Å²) >= 11 is 0. The van der Waals surface area contributed by atoms with E-state index in [2.05, 4.69) is 25.2 Å². The molecular weight excluding hydrogens is 647 g/mol. The maximum atomic E-state index is 15.0. The number of carbonyl (C=O) groups is 1. The zero-order chi connectivity index (χ0) is 34.7. The van der Waals surface area contributed by atoms with E-state index in [0.717, 1.165) is 49.4 Å². The Morgan fingerprint density at radius 1 is 0.940 bits per heavy atom. The summed E-state index contributed by atoms with van der Waals surface area (Å²) in [5.41, 5.74) is 2.08. The van der Waals surface area contributed by atoms with E-state index in [-0.39, 0.29) is 29.8 Å². The molecule has 2 fully saturated rings. The van der Waals surface area contributed by atoms with E-state index in [4.69, 9.17) is 14.5 Å². The molecule has 2 aliphatic heterocycles. The first kappa shape index (κ1) is 33.1. The number of ether oxygens (including phenoxy) is 2. The summed E-state index contributed by atoms with van der Waals surface area (Å²) in [6.07, 6.45) is 3.41. The largest absolute Gasteiger partial charge is 0.491 e. The van der Waals surface area contributed by atoms with Gasteiger partial charge in [0.05, 0.1) is 25.5 Å². The Bertz CT molecular complexity index is 1940. The molecule has 0 spiro atoms. The highest BCUT2D eigenvalue weighted by atomic mass is 19.1. The monoisotopic (exact) mass is 683 g/mol. The van der Waals surface area contributed by atoms with Gasteiger partial charge in [-0.15, -0.1) is 0 Å². The van der Waals surface area contributed by atoms with Crippen LogP contribution in [0.5, 0.6) is 5.75 Å². The van der Waals surface area contributed by atoms with Crippen LogP contribution in [-0.4, -0.2) is 65.0 Å². The van der Waals surface area contributed by atoms with Crippen LogP contribution >= 0.6 is 0 Å². The fourth-order valence-corrected chi connectivity index (χ4v) is 6.61. The van der Waals surface area contributed by atoms with Crippen molar-refractivity contribution >= 4 is 23.1 Å². The van der Waals surface area contributed by atoms with Gasteiger partial charge in [-0.1, -0.05) is 6.07 Å². The van der Waals surface area contributed by atoms with Crippen LogP contribution in [0.15, 0.2) is 91.5 Å². The summed E-state index contributed by atoms with van der Waals surface area (Å²) in [4.78, 5) is 26.0. The molecule has 2 saturated heterocycles. The second-order valence-electron chi connectivity index (χ2n) is 12.6. The first-order valence-electron chi connectivity index (χ1n) is 16.4. The van der Waals surface area contributed by atoms with Gasteiger partial charge in [-0.3, -0.25) is 4.79 Å². The Labute approximate surface area is 287 Å². The number of aromatic nitrogens is 4. The van der Waals surface area contributed by atoms with Gasteiger partial charge in [-0.25, -0.2) is 27.8 Å². The van der Waals surface area contributed by atoms with Gasteiger partial charge < -0.3 is 24.6 Å². The van der Waals surface area contributed by atoms with Gasteiger partial charge in [0.25, 0.3) is 5.91 Å². The fraction of sp³-hybridized carbons (Fsp3) is 0.297. The van der Waals surface area contributed by atoms with Crippen LogP contribution in [0, 0.1) is 30.3 Å². The number of hydrogen-bond acceptors (Lipinski definition) is 8. The highest BCUT2D eigenvalue weighted by Crippen LogP contribution is 2.42. The fourth-order valence-electron chi connectivity index (χ4n) is 6.61. The van der Waals surface area contributed by atoms with Crippen LogP contribution in [0.4, 0.5) is 30.4 Å². The van der Waals surface area contributed by atoms with Crippen LogP contribution in [0.1, 0.15) is 28.0 Å². The third-order valence-corrected chi connectivity index (χ3v) is 9.22. The van der Waals surface area contributed by atoms with Gasteiger partial charge in [-0.2, -0.15) is 5.10 Å². The topological polar surface area (TPSA) is 97.6 Å². The lowest BCUT2D eigenvalue weighted by atomic mass is 9.87. The Kier molecular flexibility index (Phi) is 9.40. The van der Waals surface area contributed by atoms with Gasteiger partial charge in [0.1, 0.15) is 47.3 Å². The molecule has 10 nitrogen and oxygen atoms in total. The third kappa shape index (κ3) is 7.27. The molecule has 7 rings (SSSR count). The van der Waals surface area contributed by atoms with Crippen molar-refractivity contribution in [1.82, 2.24) is 19.7 Å². The first-order chi connectivity index (χ1) is 24.2. The molecule has 258 valence electrons. The minimum Gasteiger partial charge on any atom is -0.491 e. The van der Waals surface area contributed by atoms with E-state index < -0.39 is 17.2 Å². The zero-order valence-corrected chi connectivity index (χ0v) is 27.4. The van der Waals surface area contributed by atoms with Crippen molar-refractivity contribution in [1.29, 1.82) is 0 Å². The minimum absolute atomic E-state index is 0.0478. The summed E-state index contributed by atoms with van der Waals surface area (Å²) < 4.78 is 55.9. The summed E-state index contributed by atoms with van der Waals surface area (Å²) in [5.74, 6) is -0.437. The molecule has 0 saturated carbocycles. The third-order valence-electron chi connectivity index (χ3n) is 9.22. The number of amides is 1. The van der Waals surface area contributed by atoms with E-state index in [1.807, 2.05) is 31.2 Å². The number of halogens is 3. The summed E-state index contributed by atoms with van der Waals surface area (Å²) in [5, 5.41) is 6.96. The van der Waals surface area contributed by atoms with Crippen LogP contribution in [0.3, 0.4) is 0 Å². The van der Waals surface area contributed by atoms with Gasteiger partial charge in [0, 0.05) is 60.7 Å². The minimum atomic E-state index is -1.04. The average molecular weight is 684 g/mol. The molecule has 2 aliphatic rings. The molecule has 2 aromatic heterocycles. The van der Waals surface area contributed by atoms with Gasteiger partial charge >= 0.3 is 0 Å². The van der Waals surface area contributed by atoms with Crippen LogP contribution in [0.25, 0.3) is 0 Å². The maximum absolute atomic E-state index is 15.0. The molecule has 1 N–H and O–H groups in total. The molecular formula is C37H36F3N7O3. The molecule has 4 heterocycles. The predicted molar refractivity (Wildman–Crippen MR) is 182 cm³/mol. The molecule has 50 heavy (non-hydrogen) atoms. The maximum Gasteiger partial charge on any atom is 0.255 e. The lowest BCUT2D eigenvalue weighted by Gasteiger charge is -2.37. The number of carbonyl (C=O) groups excluding carboxylic acids is 1. The SMILES string of the molecule is Cc1nc(N2CCN(c3ccc(C(=O)Nc4ccc(F)cc4)cc3)CC2)ccc1OC[C@H]1CO[C@@](Cn2cncn2)(c2ccc(F)cc2F)C1. The first-order valence-corrected chi connectivity index (χ1v) is 16.4. The van der Waals surface area contributed by atoms with E-state index in [1.165, 1.54) is 42.7 Å². The van der Waals surface area contributed by atoms with Gasteiger partial charge in [0.15, 0.2) is 0 Å². The number of aryl methyl sites for hydroxylation is 1. The summed E-state index contributed by atoms with van der Waals surface area (Å²) in [6, 6.07) is 20.6. The number of hydrogen-bond donors (Lipinski definition) is 1. The van der Waals surface area contributed by atoms with E-state index in [0.29, 0.717) is 36.6 Å². The van der Waals surface area contributed by atoms with Crippen molar-refractivity contribution in [2.45, 2.75) is 25.5 Å². The number of nitrogens with one attached hydrogen (secondary N) is 1. The highest BCUT2D eigenvalue weighted by molar-refractivity contribution is 6.04. The average Bonchev–Trinajstić information content (AvgIpc) is 3.79. The smallest absolute Gasteiger partial charge is 0.255 e. The second kappa shape index (κ2) is 14.2. The molecule has 3 aromatic carbocycles. The van der Waals surface area contributed by atoms with Crippen LogP contribution in [-0.2, 0) is 16.9 Å². The van der Waals surface area contributed by atoms with Crippen molar-refractivity contribution < 1.29 is 27.4 Å². The Morgan fingerprint density at radius 2 is 1.68 bits per heavy atom. The van der Waals surface area contributed by atoms with Crippen molar-refractivity contribution in [3.05, 3.63) is 126 Å². The van der Waals surface area contributed by atoms with E-state index in [1.54, 1.807) is 23.1 Å². The van der Waals surface area contributed by atoms with Crippen molar-refractivity contribution in [3.63, 3.8) is 0 Å². The number of pyridine rings is 1. The molecule has 0 radical (unpaired) electrons. The van der Waals surface area contributed by atoms with Gasteiger partial charge in [-0.05, 0) is 80.1 Å².